The molecule has 0 heterocycles. The fourth-order valence-corrected chi connectivity index (χ4v) is 3.61. The molecule has 0 aliphatic rings. The summed E-state index contributed by atoms with van der Waals surface area (Å²) < 4.78 is 64.6. The maximum atomic E-state index is 12.9. The van der Waals surface area contributed by atoms with E-state index in [1.165, 1.54) is 12.1 Å². The molecule has 11 heteroatoms. The number of rotatable bonds is 4. The summed E-state index contributed by atoms with van der Waals surface area (Å²) in [6, 6.07) is 7.09. The van der Waals surface area contributed by atoms with E-state index in [0.29, 0.717) is 10.4 Å². The van der Waals surface area contributed by atoms with Crippen molar-refractivity contribution in [3.63, 3.8) is 0 Å². The molecule has 0 fully saturated rings. The highest BCUT2D eigenvalue weighted by atomic mass is 35.5. The van der Waals surface area contributed by atoms with Crippen LogP contribution in [-0.2, 0) is 16.2 Å². The zero-order chi connectivity index (χ0) is 19.0. The smallest absolute Gasteiger partial charge is 0.269 e. The standard InChI is InChI=1S/C14H10ClF3N2O4S/c1-19(9-6-7-11(15)10(8-9)14(16,17)18)25(23,24)13-5-3-2-4-12(13)20(21)22/h2-8H,1H3. The molecule has 0 radical (unpaired) electrons. The number of para-hydroxylation sites is 1. The molecule has 0 aromatic heterocycles. The number of benzene rings is 2. The molecule has 0 N–H and O–H groups in total. The molecule has 0 saturated carbocycles. The molecule has 0 atom stereocenters. The third kappa shape index (κ3) is 3.69. The van der Waals surface area contributed by atoms with Crippen LogP contribution in [0.15, 0.2) is 47.4 Å². The third-order valence-corrected chi connectivity index (χ3v) is 5.48. The Labute approximate surface area is 145 Å². The number of alkyl halides is 3. The van der Waals surface area contributed by atoms with Gasteiger partial charge >= 0.3 is 6.18 Å². The molecule has 25 heavy (non-hydrogen) atoms. The Hall–Kier alpha value is -2.33. The van der Waals surface area contributed by atoms with Crippen LogP contribution < -0.4 is 4.31 Å². The summed E-state index contributed by atoms with van der Waals surface area (Å²) in [4.78, 5) is 9.50. The van der Waals surface area contributed by atoms with Crippen LogP contribution in [0.5, 0.6) is 0 Å². The highest BCUT2D eigenvalue weighted by molar-refractivity contribution is 7.93. The average molecular weight is 395 g/mol. The van der Waals surface area contributed by atoms with Gasteiger partial charge < -0.3 is 0 Å². The predicted octanol–water partition coefficient (Wildman–Crippen LogP) is 4.09. The molecular formula is C14H10ClF3N2O4S. The highest BCUT2D eigenvalue weighted by Gasteiger charge is 2.35. The molecule has 6 nitrogen and oxygen atoms in total. The van der Waals surface area contributed by atoms with Gasteiger partial charge in [-0.1, -0.05) is 23.7 Å². The maximum absolute atomic E-state index is 12.9. The second kappa shape index (κ2) is 6.52. The maximum Gasteiger partial charge on any atom is 0.417 e. The minimum Gasteiger partial charge on any atom is -0.269 e. The van der Waals surface area contributed by atoms with Crippen molar-refractivity contribution < 1.29 is 26.5 Å². The lowest BCUT2D eigenvalue weighted by molar-refractivity contribution is -0.387. The molecule has 0 unspecified atom stereocenters. The van der Waals surface area contributed by atoms with E-state index in [-0.39, 0.29) is 5.69 Å². The molecule has 0 aliphatic heterocycles. The Morgan fingerprint density at radius 1 is 1.16 bits per heavy atom. The van der Waals surface area contributed by atoms with Crippen LogP contribution in [0.2, 0.25) is 5.02 Å². The summed E-state index contributed by atoms with van der Waals surface area (Å²) in [5, 5.41) is 10.4. The number of hydrogen-bond donors (Lipinski definition) is 0. The van der Waals surface area contributed by atoms with E-state index in [0.717, 1.165) is 31.3 Å². The number of nitro groups is 1. The predicted molar refractivity (Wildman–Crippen MR) is 85.1 cm³/mol. The lowest BCUT2D eigenvalue weighted by Crippen LogP contribution is -2.27. The average Bonchev–Trinajstić information content (AvgIpc) is 2.53. The lowest BCUT2D eigenvalue weighted by Gasteiger charge is -2.21. The number of hydrogen-bond acceptors (Lipinski definition) is 4. The van der Waals surface area contributed by atoms with E-state index < -0.39 is 42.3 Å². The molecule has 2 rings (SSSR count). The van der Waals surface area contributed by atoms with Crippen molar-refractivity contribution in [2.24, 2.45) is 0 Å². The lowest BCUT2D eigenvalue weighted by atomic mass is 10.2. The van der Waals surface area contributed by atoms with Gasteiger partial charge in [0.15, 0.2) is 4.90 Å². The first-order chi connectivity index (χ1) is 11.5. The van der Waals surface area contributed by atoms with Gasteiger partial charge in [0.25, 0.3) is 15.7 Å². The van der Waals surface area contributed by atoms with Crippen molar-refractivity contribution in [2.45, 2.75) is 11.1 Å². The largest absolute Gasteiger partial charge is 0.417 e. The van der Waals surface area contributed by atoms with Gasteiger partial charge in [-0.05, 0) is 24.3 Å². The van der Waals surface area contributed by atoms with Gasteiger partial charge in [-0.15, -0.1) is 0 Å². The molecule has 0 aliphatic carbocycles. The topological polar surface area (TPSA) is 80.5 Å². The van der Waals surface area contributed by atoms with Crippen LogP contribution in [0, 0.1) is 10.1 Å². The third-order valence-electron chi connectivity index (χ3n) is 3.32. The van der Waals surface area contributed by atoms with E-state index in [4.69, 9.17) is 11.6 Å². The Balaban J connectivity index is 2.58. The molecule has 2 aromatic rings. The van der Waals surface area contributed by atoms with Crippen molar-refractivity contribution in [1.82, 2.24) is 0 Å². The number of anilines is 1. The van der Waals surface area contributed by atoms with Crippen molar-refractivity contribution in [3.8, 4) is 0 Å². The van der Waals surface area contributed by atoms with Gasteiger partial charge in [0.05, 0.1) is 21.2 Å². The summed E-state index contributed by atoms with van der Waals surface area (Å²) in [6.07, 6.45) is -4.78. The zero-order valence-corrected chi connectivity index (χ0v) is 14.1. The number of sulfonamides is 1. The Morgan fingerprint density at radius 2 is 1.76 bits per heavy atom. The summed E-state index contributed by atoms with van der Waals surface area (Å²) >= 11 is 5.51. The normalized spacial score (nSPS) is 12.0. The summed E-state index contributed by atoms with van der Waals surface area (Å²) in [6.45, 7) is 0. The Morgan fingerprint density at radius 3 is 2.32 bits per heavy atom. The van der Waals surface area contributed by atoms with Crippen LogP contribution >= 0.6 is 11.6 Å². The quantitative estimate of drug-likeness (QED) is 0.577. The van der Waals surface area contributed by atoms with Gasteiger partial charge in [-0.2, -0.15) is 13.2 Å². The Kier molecular flexibility index (Phi) is 4.96. The van der Waals surface area contributed by atoms with Crippen molar-refractivity contribution in [1.29, 1.82) is 0 Å². The van der Waals surface area contributed by atoms with Crippen LogP contribution in [0.3, 0.4) is 0 Å². The molecule has 0 bridgehead atoms. The zero-order valence-electron chi connectivity index (χ0n) is 12.5. The van der Waals surface area contributed by atoms with Gasteiger partial charge in [0.1, 0.15) is 0 Å². The van der Waals surface area contributed by atoms with E-state index in [9.17, 15) is 31.7 Å². The van der Waals surface area contributed by atoms with Gasteiger partial charge in [0.2, 0.25) is 0 Å². The molecule has 0 amide bonds. The SMILES string of the molecule is CN(c1ccc(Cl)c(C(F)(F)F)c1)S(=O)(=O)c1ccccc1[N+](=O)[O-]. The van der Waals surface area contributed by atoms with Crippen molar-refractivity contribution in [2.75, 3.05) is 11.4 Å². The van der Waals surface area contributed by atoms with Crippen LogP contribution in [0.1, 0.15) is 5.56 Å². The summed E-state index contributed by atoms with van der Waals surface area (Å²) in [7, 11) is -3.47. The Bertz CT molecular complexity index is 932. The van der Waals surface area contributed by atoms with Gasteiger partial charge in [-0.25, -0.2) is 8.42 Å². The number of nitro benzene ring substituents is 1. The van der Waals surface area contributed by atoms with Crippen LogP contribution in [0.25, 0.3) is 0 Å². The first kappa shape index (κ1) is 19.0. The molecule has 0 saturated heterocycles. The molecule has 2 aromatic carbocycles. The van der Waals surface area contributed by atoms with Crippen LogP contribution in [-0.4, -0.2) is 20.4 Å². The fourth-order valence-electron chi connectivity index (χ4n) is 2.04. The molecular weight excluding hydrogens is 385 g/mol. The van der Waals surface area contributed by atoms with Gasteiger partial charge in [-0.3, -0.25) is 14.4 Å². The second-order valence-electron chi connectivity index (χ2n) is 4.86. The van der Waals surface area contributed by atoms with E-state index in [1.54, 1.807) is 0 Å². The highest BCUT2D eigenvalue weighted by Crippen LogP contribution is 2.38. The van der Waals surface area contributed by atoms with Crippen molar-refractivity contribution >= 4 is 33.0 Å². The number of nitrogens with zero attached hydrogens (tertiary/aromatic N) is 2. The van der Waals surface area contributed by atoms with E-state index in [1.807, 2.05) is 0 Å². The second-order valence-corrected chi connectivity index (χ2v) is 7.20. The van der Waals surface area contributed by atoms with E-state index in [2.05, 4.69) is 0 Å². The minimum absolute atomic E-state index is 0.338. The summed E-state index contributed by atoms with van der Waals surface area (Å²) in [5.74, 6) is 0. The monoisotopic (exact) mass is 394 g/mol. The number of halogens is 4. The van der Waals surface area contributed by atoms with Crippen molar-refractivity contribution in [3.05, 3.63) is 63.2 Å². The molecule has 0 spiro atoms. The molecule has 134 valence electrons. The van der Waals surface area contributed by atoms with E-state index >= 15 is 0 Å². The first-order valence-corrected chi connectivity index (χ1v) is 8.37. The van der Waals surface area contributed by atoms with Gasteiger partial charge in [0, 0.05) is 13.1 Å². The minimum atomic E-state index is -4.78. The fraction of sp³-hybridized carbons (Fsp3) is 0.143. The van der Waals surface area contributed by atoms with Crippen LogP contribution in [0.4, 0.5) is 24.5 Å². The first-order valence-electron chi connectivity index (χ1n) is 6.55. The summed E-state index contributed by atoms with van der Waals surface area (Å²) in [5.41, 5.74) is -2.23.